The van der Waals surface area contributed by atoms with Gasteiger partial charge in [0, 0.05) is 12.2 Å². The lowest BCUT2D eigenvalue weighted by Crippen LogP contribution is -2.48. The van der Waals surface area contributed by atoms with Crippen LogP contribution in [0.25, 0.3) is 0 Å². The number of ether oxygens (including phenoxy) is 1. The third-order valence-electron chi connectivity index (χ3n) is 4.90. The van der Waals surface area contributed by atoms with E-state index in [0.717, 1.165) is 23.6 Å². The lowest BCUT2D eigenvalue weighted by molar-refractivity contribution is -0.0468. The molecule has 1 N–H and O–H groups in total. The average molecular weight is 374 g/mol. The van der Waals surface area contributed by atoms with E-state index < -0.39 is 5.60 Å². The summed E-state index contributed by atoms with van der Waals surface area (Å²) in [4.78, 5) is 14.5. The molecule has 0 spiro atoms. The lowest BCUT2D eigenvalue weighted by Gasteiger charge is -2.41. The van der Waals surface area contributed by atoms with Gasteiger partial charge < -0.3 is 15.0 Å². The van der Waals surface area contributed by atoms with Crippen LogP contribution in [-0.2, 0) is 10.3 Å². The van der Waals surface area contributed by atoms with Crippen LogP contribution >= 0.6 is 0 Å². The molecule has 1 aromatic heterocycles. The Hall–Kier alpha value is -3.25. The first-order valence-corrected chi connectivity index (χ1v) is 9.29. The molecule has 0 saturated carbocycles. The Kier molecular flexibility index (Phi) is 5.04. The van der Waals surface area contributed by atoms with Gasteiger partial charge in [-0.3, -0.25) is 4.79 Å². The molecule has 142 valence electrons. The van der Waals surface area contributed by atoms with Crippen LogP contribution in [0.2, 0.25) is 0 Å². The fourth-order valence-corrected chi connectivity index (χ4v) is 3.36. The van der Waals surface area contributed by atoms with E-state index in [1.54, 1.807) is 6.07 Å². The molecule has 6 heteroatoms. The number of amides is 1. The summed E-state index contributed by atoms with van der Waals surface area (Å²) in [7, 11) is 0. The number of aromatic nitrogens is 2. The third kappa shape index (κ3) is 3.87. The van der Waals surface area contributed by atoms with Gasteiger partial charge >= 0.3 is 0 Å². The number of rotatable bonds is 4. The van der Waals surface area contributed by atoms with Crippen molar-refractivity contribution in [2.24, 2.45) is 0 Å². The fourth-order valence-electron chi connectivity index (χ4n) is 3.36. The highest BCUT2D eigenvalue weighted by atomic mass is 16.5. The van der Waals surface area contributed by atoms with Gasteiger partial charge in [-0.15, -0.1) is 10.2 Å². The number of carbonyl (C=O) groups is 1. The van der Waals surface area contributed by atoms with Crippen molar-refractivity contribution in [3.8, 4) is 0 Å². The van der Waals surface area contributed by atoms with Crippen molar-refractivity contribution >= 4 is 17.4 Å². The molecule has 2 heterocycles. The predicted molar refractivity (Wildman–Crippen MR) is 108 cm³/mol. The van der Waals surface area contributed by atoms with E-state index in [9.17, 15) is 4.79 Å². The van der Waals surface area contributed by atoms with Crippen LogP contribution in [0.1, 0.15) is 23.0 Å². The van der Waals surface area contributed by atoms with Gasteiger partial charge in [0.05, 0.1) is 13.2 Å². The minimum Gasteiger partial charge on any atom is -0.367 e. The average Bonchev–Trinajstić information content (AvgIpc) is 2.75. The molecule has 4 rings (SSSR count). The number of nitrogens with zero attached hydrogens (tertiary/aromatic N) is 3. The summed E-state index contributed by atoms with van der Waals surface area (Å²) in [6.07, 6.45) is 0. The van der Waals surface area contributed by atoms with Crippen molar-refractivity contribution in [2.75, 3.05) is 29.9 Å². The molecule has 2 aromatic carbocycles. The van der Waals surface area contributed by atoms with Gasteiger partial charge in [0.1, 0.15) is 5.60 Å². The molecule has 0 bridgehead atoms. The van der Waals surface area contributed by atoms with Gasteiger partial charge in [-0.25, -0.2) is 0 Å². The minimum absolute atomic E-state index is 0.277. The molecule has 1 aliphatic heterocycles. The molecule has 1 unspecified atom stereocenters. The Morgan fingerprint density at radius 1 is 1.00 bits per heavy atom. The standard InChI is InChI=1S/C22H22N4O2/c1-22(17-8-4-2-5-9-17)16-26(14-15-28-22)20-13-12-19(24-25-20)21(27)23-18-10-6-3-7-11-18/h2-13H,14-16H2,1H3,(H,23,27). The minimum atomic E-state index is -0.412. The molecule has 1 amide bonds. The van der Waals surface area contributed by atoms with Gasteiger partial charge in [0.2, 0.25) is 0 Å². The summed E-state index contributed by atoms with van der Waals surface area (Å²) in [5.74, 6) is 0.461. The lowest BCUT2D eigenvalue weighted by atomic mass is 9.94. The Morgan fingerprint density at radius 2 is 1.71 bits per heavy atom. The van der Waals surface area contributed by atoms with E-state index >= 15 is 0 Å². The van der Waals surface area contributed by atoms with E-state index in [-0.39, 0.29) is 11.6 Å². The monoisotopic (exact) mass is 374 g/mol. The SMILES string of the molecule is CC1(c2ccccc2)CN(c2ccc(C(=O)Nc3ccccc3)nn2)CCO1. The highest BCUT2D eigenvalue weighted by molar-refractivity contribution is 6.02. The Labute approximate surface area is 164 Å². The summed E-state index contributed by atoms with van der Waals surface area (Å²) in [5, 5.41) is 11.2. The second-order valence-electron chi connectivity index (χ2n) is 6.96. The molecule has 28 heavy (non-hydrogen) atoms. The first-order chi connectivity index (χ1) is 13.6. The van der Waals surface area contributed by atoms with Crippen molar-refractivity contribution in [1.29, 1.82) is 0 Å². The number of anilines is 2. The van der Waals surface area contributed by atoms with Gasteiger partial charge in [-0.1, -0.05) is 48.5 Å². The zero-order chi connectivity index (χ0) is 19.4. The molecular weight excluding hydrogens is 352 g/mol. The number of benzene rings is 2. The van der Waals surface area contributed by atoms with E-state index in [1.165, 1.54) is 0 Å². The number of hydrogen-bond acceptors (Lipinski definition) is 5. The maximum Gasteiger partial charge on any atom is 0.276 e. The normalized spacial score (nSPS) is 19.2. The van der Waals surface area contributed by atoms with Crippen LogP contribution in [0, 0.1) is 0 Å². The maximum atomic E-state index is 12.3. The van der Waals surface area contributed by atoms with Gasteiger partial charge in [0.25, 0.3) is 5.91 Å². The summed E-state index contributed by atoms with van der Waals surface area (Å²) >= 11 is 0. The molecule has 0 radical (unpaired) electrons. The Balaban J connectivity index is 1.47. The van der Waals surface area contributed by atoms with Crippen molar-refractivity contribution in [2.45, 2.75) is 12.5 Å². The number of nitrogens with one attached hydrogen (secondary N) is 1. The van der Waals surface area contributed by atoms with Crippen LogP contribution < -0.4 is 10.2 Å². The highest BCUT2D eigenvalue weighted by Crippen LogP contribution is 2.30. The van der Waals surface area contributed by atoms with Crippen molar-refractivity contribution in [3.05, 3.63) is 84.1 Å². The summed E-state index contributed by atoms with van der Waals surface area (Å²) < 4.78 is 6.08. The molecule has 1 atom stereocenters. The van der Waals surface area contributed by atoms with Crippen molar-refractivity contribution in [1.82, 2.24) is 10.2 Å². The summed E-state index contributed by atoms with van der Waals surface area (Å²) in [6, 6.07) is 23.0. The largest absolute Gasteiger partial charge is 0.367 e. The second-order valence-corrected chi connectivity index (χ2v) is 6.96. The van der Waals surface area contributed by atoms with Gasteiger partial charge in [-0.2, -0.15) is 0 Å². The zero-order valence-corrected chi connectivity index (χ0v) is 15.7. The number of morpholine rings is 1. The van der Waals surface area contributed by atoms with Crippen molar-refractivity contribution in [3.63, 3.8) is 0 Å². The molecule has 1 aliphatic rings. The third-order valence-corrected chi connectivity index (χ3v) is 4.90. The molecular formula is C22H22N4O2. The number of carbonyl (C=O) groups excluding carboxylic acids is 1. The topological polar surface area (TPSA) is 67.4 Å². The first-order valence-electron chi connectivity index (χ1n) is 9.29. The fraction of sp³-hybridized carbons (Fsp3) is 0.227. The van der Waals surface area contributed by atoms with Crippen LogP contribution in [0.5, 0.6) is 0 Å². The van der Waals surface area contributed by atoms with Gasteiger partial charge in [0.15, 0.2) is 11.5 Å². The number of hydrogen-bond donors (Lipinski definition) is 1. The zero-order valence-electron chi connectivity index (χ0n) is 15.7. The van der Waals surface area contributed by atoms with Crippen LogP contribution in [-0.4, -0.2) is 35.8 Å². The molecule has 1 saturated heterocycles. The Morgan fingerprint density at radius 3 is 2.39 bits per heavy atom. The second kappa shape index (κ2) is 7.78. The first kappa shape index (κ1) is 18.1. The molecule has 1 fully saturated rings. The van der Waals surface area contributed by atoms with E-state index in [0.29, 0.717) is 13.2 Å². The predicted octanol–water partition coefficient (Wildman–Crippen LogP) is 3.48. The smallest absolute Gasteiger partial charge is 0.276 e. The van der Waals surface area contributed by atoms with Crippen LogP contribution in [0.3, 0.4) is 0 Å². The van der Waals surface area contributed by atoms with E-state index in [4.69, 9.17) is 4.74 Å². The highest BCUT2D eigenvalue weighted by Gasteiger charge is 2.34. The van der Waals surface area contributed by atoms with E-state index in [1.807, 2.05) is 54.6 Å². The molecule has 0 aliphatic carbocycles. The molecule has 6 nitrogen and oxygen atoms in total. The molecule has 3 aromatic rings. The Bertz CT molecular complexity index is 932. The summed E-state index contributed by atoms with van der Waals surface area (Å²) in [6.45, 7) is 4.08. The van der Waals surface area contributed by atoms with Gasteiger partial charge in [-0.05, 0) is 36.8 Å². The number of para-hydroxylation sites is 1. The van der Waals surface area contributed by atoms with Crippen LogP contribution in [0.4, 0.5) is 11.5 Å². The van der Waals surface area contributed by atoms with Crippen LogP contribution in [0.15, 0.2) is 72.8 Å². The maximum absolute atomic E-state index is 12.3. The summed E-state index contributed by atoms with van der Waals surface area (Å²) in [5.41, 5.74) is 1.73. The quantitative estimate of drug-likeness (QED) is 0.757. The van der Waals surface area contributed by atoms with Crippen molar-refractivity contribution < 1.29 is 9.53 Å². The van der Waals surface area contributed by atoms with E-state index in [2.05, 4.69) is 39.5 Å².